The molecule has 18 heavy (non-hydrogen) atoms. The van der Waals surface area contributed by atoms with Gasteiger partial charge in [-0.05, 0) is 37.3 Å². The van der Waals surface area contributed by atoms with E-state index in [1.54, 1.807) is 13.1 Å². The standard InChI is InChI=1S/C14H22N2O2/c1-11(17)13-3-4-14(15-9-13)16(2)10-12-5-7-18-8-6-12/h3-4,9,11-12,17H,5-8,10H2,1-2H3. The number of rotatable bonds is 4. The van der Waals surface area contributed by atoms with Crippen molar-refractivity contribution >= 4 is 5.82 Å². The lowest BCUT2D eigenvalue weighted by Crippen LogP contribution is -2.30. The summed E-state index contributed by atoms with van der Waals surface area (Å²) in [4.78, 5) is 6.58. The molecular weight excluding hydrogens is 228 g/mol. The Kier molecular flexibility index (Phi) is 4.55. The summed E-state index contributed by atoms with van der Waals surface area (Å²) in [5, 5.41) is 9.45. The van der Waals surface area contributed by atoms with Crippen LogP contribution in [0.25, 0.3) is 0 Å². The van der Waals surface area contributed by atoms with Crippen LogP contribution in [0.2, 0.25) is 0 Å². The Morgan fingerprint density at radius 3 is 2.72 bits per heavy atom. The van der Waals surface area contributed by atoms with Crippen molar-refractivity contribution in [2.45, 2.75) is 25.9 Å². The molecule has 1 aliphatic heterocycles. The first kappa shape index (κ1) is 13.3. The fourth-order valence-corrected chi connectivity index (χ4v) is 2.28. The predicted molar refractivity (Wildman–Crippen MR) is 71.7 cm³/mol. The van der Waals surface area contributed by atoms with Gasteiger partial charge in [-0.25, -0.2) is 4.98 Å². The van der Waals surface area contributed by atoms with Crippen molar-refractivity contribution in [3.63, 3.8) is 0 Å². The minimum Gasteiger partial charge on any atom is -0.389 e. The van der Waals surface area contributed by atoms with E-state index in [0.29, 0.717) is 5.92 Å². The minimum atomic E-state index is -0.452. The number of aromatic nitrogens is 1. The molecule has 0 aliphatic carbocycles. The van der Waals surface area contributed by atoms with Gasteiger partial charge >= 0.3 is 0 Å². The second-order valence-corrected chi connectivity index (χ2v) is 5.06. The predicted octanol–water partition coefficient (Wildman–Crippen LogP) is 2.00. The van der Waals surface area contributed by atoms with Crippen molar-refractivity contribution in [2.24, 2.45) is 5.92 Å². The van der Waals surface area contributed by atoms with E-state index in [0.717, 1.165) is 44.0 Å². The normalized spacial score (nSPS) is 18.6. The van der Waals surface area contributed by atoms with E-state index in [4.69, 9.17) is 4.74 Å². The zero-order valence-electron chi connectivity index (χ0n) is 11.2. The third kappa shape index (κ3) is 3.43. The van der Waals surface area contributed by atoms with Gasteiger partial charge in [-0.15, -0.1) is 0 Å². The van der Waals surface area contributed by atoms with Crippen LogP contribution in [0.4, 0.5) is 5.82 Å². The Bertz CT molecular complexity index is 359. The maximum atomic E-state index is 9.45. The van der Waals surface area contributed by atoms with Crippen LogP contribution >= 0.6 is 0 Å². The molecule has 0 saturated carbocycles. The quantitative estimate of drug-likeness (QED) is 0.887. The highest BCUT2D eigenvalue weighted by Crippen LogP contribution is 2.19. The summed E-state index contributed by atoms with van der Waals surface area (Å²) in [6.07, 6.45) is 3.57. The first-order valence-electron chi connectivity index (χ1n) is 6.59. The molecular formula is C14H22N2O2. The van der Waals surface area contributed by atoms with Crippen molar-refractivity contribution in [1.29, 1.82) is 0 Å². The fourth-order valence-electron chi connectivity index (χ4n) is 2.28. The molecule has 100 valence electrons. The molecule has 1 aliphatic rings. The van der Waals surface area contributed by atoms with Gasteiger partial charge in [0.2, 0.25) is 0 Å². The molecule has 2 rings (SSSR count). The molecule has 2 heterocycles. The molecule has 1 fully saturated rings. The van der Waals surface area contributed by atoms with Gasteiger partial charge in [0, 0.05) is 33.0 Å². The molecule has 1 unspecified atom stereocenters. The summed E-state index contributed by atoms with van der Waals surface area (Å²) >= 11 is 0. The maximum Gasteiger partial charge on any atom is 0.128 e. The van der Waals surface area contributed by atoms with Gasteiger partial charge < -0.3 is 14.7 Å². The molecule has 4 heteroatoms. The van der Waals surface area contributed by atoms with E-state index in [2.05, 4.69) is 16.9 Å². The summed E-state index contributed by atoms with van der Waals surface area (Å²) in [6, 6.07) is 3.91. The van der Waals surface area contributed by atoms with E-state index in [9.17, 15) is 5.11 Å². The number of ether oxygens (including phenoxy) is 1. The smallest absolute Gasteiger partial charge is 0.128 e. The minimum absolute atomic E-state index is 0.452. The molecule has 1 N–H and O–H groups in total. The Labute approximate surface area is 109 Å². The zero-order valence-corrected chi connectivity index (χ0v) is 11.2. The van der Waals surface area contributed by atoms with Crippen LogP contribution in [0.1, 0.15) is 31.4 Å². The summed E-state index contributed by atoms with van der Waals surface area (Å²) in [5.41, 5.74) is 0.859. The van der Waals surface area contributed by atoms with Crippen LogP contribution < -0.4 is 4.90 Å². The topological polar surface area (TPSA) is 45.6 Å². The number of hydrogen-bond acceptors (Lipinski definition) is 4. The Morgan fingerprint density at radius 2 is 2.17 bits per heavy atom. The Balaban J connectivity index is 1.93. The Morgan fingerprint density at radius 1 is 1.44 bits per heavy atom. The van der Waals surface area contributed by atoms with E-state index < -0.39 is 6.10 Å². The van der Waals surface area contributed by atoms with Gasteiger partial charge in [-0.1, -0.05) is 6.07 Å². The van der Waals surface area contributed by atoms with Crippen LogP contribution in [0.3, 0.4) is 0 Å². The van der Waals surface area contributed by atoms with Crippen LogP contribution in [-0.2, 0) is 4.74 Å². The highest BCUT2D eigenvalue weighted by molar-refractivity contribution is 5.38. The van der Waals surface area contributed by atoms with Gasteiger partial charge in [0.25, 0.3) is 0 Å². The summed E-state index contributed by atoms with van der Waals surface area (Å²) in [5.74, 6) is 1.66. The molecule has 0 amide bonds. The van der Waals surface area contributed by atoms with Crippen molar-refractivity contribution in [1.82, 2.24) is 4.98 Å². The van der Waals surface area contributed by atoms with Gasteiger partial charge in [-0.3, -0.25) is 0 Å². The molecule has 1 aromatic rings. The molecule has 1 atom stereocenters. The van der Waals surface area contributed by atoms with Crippen LogP contribution in [-0.4, -0.2) is 36.9 Å². The van der Waals surface area contributed by atoms with Gasteiger partial charge in [0.15, 0.2) is 0 Å². The van der Waals surface area contributed by atoms with Crippen LogP contribution in [0.5, 0.6) is 0 Å². The molecule has 0 bridgehead atoms. The van der Waals surface area contributed by atoms with Crippen molar-refractivity contribution in [3.8, 4) is 0 Å². The molecule has 0 aromatic carbocycles. The number of nitrogens with zero attached hydrogens (tertiary/aromatic N) is 2. The number of hydrogen-bond donors (Lipinski definition) is 1. The molecule has 1 aromatic heterocycles. The highest BCUT2D eigenvalue weighted by Gasteiger charge is 2.16. The number of anilines is 1. The number of aliphatic hydroxyl groups is 1. The molecule has 1 saturated heterocycles. The monoisotopic (exact) mass is 250 g/mol. The van der Waals surface area contributed by atoms with Crippen molar-refractivity contribution < 1.29 is 9.84 Å². The lowest BCUT2D eigenvalue weighted by Gasteiger charge is -2.27. The lowest BCUT2D eigenvalue weighted by atomic mass is 10.00. The maximum absolute atomic E-state index is 9.45. The summed E-state index contributed by atoms with van der Waals surface area (Å²) < 4.78 is 5.37. The van der Waals surface area contributed by atoms with E-state index in [1.807, 2.05) is 12.1 Å². The van der Waals surface area contributed by atoms with Gasteiger partial charge in [-0.2, -0.15) is 0 Å². The van der Waals surface area contributed by atoms with E-state index in [1.165, 1.54) is 0 Å². The zero-order chi connectivity index (χ0) is 13.0. The van der Waals surface area contributed by atoms with Gasteiger partial charge in [0.1, 0.15) is 5.82 Å². The SMILES string of the molecule is CC(O)c1ccc(N(C)CC2CCOCC2)nc1. The lowest BCUT2D eigenvalue weighted by molar-refractivity contribution is 0.0685. The first-order chi connectivity index (χ1) is 8.66. The fraction of sp³-hybridized carbons (Fsp3) is 0.643. The largest absolute Gasteiger partial charge is 0.389 e. The highest BCUT2D eigenvalue weighted by atomic mass is 16.5. The van der Waals surface area contributed by atoms with E-state index >= 15 is 0 Å². The molecule has 4 nitrogen and oxygen atoms in total. The molecule has 0 radical (unpaired) electrons. The second kappa shape index (κ2) is 6.16. The van der Waals surface area contributed by atoms with Crippen molar-refractivity contribution in [2.75, 3.05) is 31.7 Å². The van der Waals surface area contributed by atoms with Crippen LogP contribution in [0, 0.1) is 5.92 Å². The second-order valence-electron chi connectivity index (χ2n) is 5.06. The summed E-state index contributed by atoms with van der Waals surface area (Å²) in [7, 11) is 2.07. The third-order valence-electron chi connectivity index (χ3n) is 3.52. The van der Waals surface area contributed by atoms with E-state index in [-0.39, 0.29) is 0 Å². The van der Waals surface area contributed by atoms with Crippen LogP contribution in [0.15, 0.2) is 18.3 Å². The number of aliphatic hydroxyl groups excluding tert-OH is 1. The third-order valence-corrected chi connectivity index (χ3v) is 3.52. The van der Waals surface area contributed by atoms with Gasteiger partial charge in [0.05, 0.1) is 6.10 Å². The average Bonchev–Trinajstić information content (AvgIpc) is 2.40. The average molecular weight is 250 g/mol. The van der Waals surface area contributed by atoms with Crippen molar-refractivity contribution in [3.05, 3.63) is 23.9 Å². The first-order valence-corrected chi connectivity index (χ1v) is 6.59. The number of pyridine rings is 1. The Hall–Kier alpha value is -1.13. The summed E-state index contributed by atoms with van der Waals surface area (Å²) in [6.45, 7) is 4.53. The molecule has 0 spiro atoms.